The van der Waals surface area contributed by atoms with Gasteiger partial charge >= 0.3 is 8.48 Å². The largest absolute Gasteiger partial charge is 0.529 e. The second kappa shape index (κ2) is 4.53. The number of fused-ring (bicyclic) bond motifs is 1. The van der Waals surface area contributed by atoms with Crippen molar-refractivity contribution in [3.05, 3.63) is 52.5 Å². The van der Waals surface area contributed by atoms with Crippen LogP contribution in [0.5, 0.6) is 0 Å². The standard InChI is InChI=1S/C14H19NOSi/c1-4-7-11-10-14(16-17(2,3)15)13-9-6-5-8-12(11)13/h5-6,8,10H,4,7,15H2,1-3H3. The molecule has 0 heterocycles. The first-order valence-corrected chi connectivity index (χ1v) is 9.06. The second-order valence-corrected chi connectivity index (χ2v) is 8.36. The van der Waals surface area contributed by atoms with Crippen LogP contribution in [0.2, 0.25) is 13.1 Å². The van der Waals surface area contributed by atoms with Gasteiger partial charge in [-0.25, -0.2) is 0 Å². The molecule has 2 aliphatic carbocycles. The molecule has 2 N–H and O–H groups in total. The van der Waals surface area contributed by atoms with Crippen LogP contribution in [0.4, 0.5) is 0 Å². The zero-order valence-corrected chi connectivity index (χ0v) is 11.7. The van der Waals surface area contributed by atoms with Crippen molar-refractivity contribution >= 4 is 8.48 Å². The lowest BCUT2D eigenvalue weighted by molar-refractivity contribution is 0.432. The van der Waals surface area contributed by atoms with Gasteiger partial charge in [0.1, 0.15) is 5.76 Å². The molecule has 90 valence electrons. The zero-order chi connectivity index (χ0) is 12.5. The van der Waals surface area contributed by atoms with Gasteiger partial charge in [-0.1, -0.05) is 25.5 Å². The normalized spacial score (nSPS) is 18.1. The number of nitrogens with two attached hydrogens (primary N) is 1. The molecule has 0 aliphatic heterocycles. The first kappa shape index (κ1) is 12.2. The van der Waals surface area contributed by atoms with E-state index in [1.165, 1.54) is 11.1 Å². The van der Waals surface area contributed by atoms with E-state index < -0.39 is 8.48 Å². The van der Waals surface area contributed by atoms with Crippen molar-refractivity contribution in [1.29, 1.82) is 0 Å². The summed E-state index contributed by atoms with van der Waals surface area (Å²) < 4.78 is 5.93. The van der Waals surface area contributed by atoms with Crippen LogP contribution in [0.15, 0.2) is 52.5 Å². The lowest BCUT2D eigenvalue weighted by Gasteiger charge is -2.20. The third kappa shape index (κ3) is 2.70. The summed E-state index contributed by atoms with van der Waals surface area (Å²) in [5, 5.41) is 6.04. The van der Waals surface area contributed by atoms with E-state index in [0.717, 1.165) is 24.2 Å². The van der Waals surface area contributed by atoms with Gasteiger partial charge in [0.05, 0.1) is 5.57 Å². The molecule has 0 fully saturated rings. The molecule has 0 spiro atoms. The average molecular weight is 245 g/mol. The predicted octanol–water partition coefficient (Wildman–Crippen LogP) is 3.31. The van der Waals surface area contributed by atoms with Crippen molar-refractivity contribution in [2.24, 2.45) is 5.40 Å². The summed E-state index contributed by atoms with van der Waals surface area (Å²) in [5.41, 5.74) is 6.93. The molecule has 0 atom stereocenters. The van der Waals surface area contributed by atoms with Gasteiger partial charge in [0.2, 0.25) is 0 Å². The van der Waals surface area contributed by atoms with Gasteiger partial charge < -0.3 is 9.83 Å². The molecular formula is C14H19NOSi. The van der Waals surface area contributed by atoms with Crippen molar-refractivity contribution < 1.29 is 4.43 Å². The van der Waals surface area contributed by atoms with Crippen LogP contribution < -0.4 is 5.40 Å². The molecule has 3 heteroatoms. The van der Waals surface area contributed by atoms with Gasteiger partial charge in [-0.2, -0.15) is 0 Å². The maximum Gasteiger partial charge on any atom is 0.319 e. The SMILES string of the molecule is CCCC1=C2C=CC=C=C2C(O[Si](C)(C)N)=C1. The minimum absolute atomic E-state index is 0.906. The van der Waals surface area contributed by atoms with E-state index in [2.05, 4.69) is 24.8 Å². The Morgan fingerprint density at radius 2 is 2.18 bits per heavy atom. The maximum absolute atomic E-state index is 6.04. The molecule has 0 unspecified atom stereocenters. The molecule has 0 bridgehead atoms. The van der Waals surface area contributed by atoms with E-state index in [0.29, 0.717) is 0 Å². The summed E-state index contributed by atoms with van der Waals surface area (Å²) in [5.74, 6) is 0.906. The summed E-state index contributed by atoms with van der Waals surface area (Å²) in [6.45, 7) is 6.18. The molecule has 0 aromatic rings. The molecule has 2 rings (SSSR count). The lowest BCUT2D eigenvalue weighted by atomic mass is 10.0. The van der Waals surface area contributed by atoms with Crippen LogP contribution >= 0.6 is 0 Å². The Kier molecular flexibility index (Phi) is 3.25. The fourth-order valence-corrected chi connectivity index (χ4v) is 2.78. The molecular weight excluding hydrogens is 226 g/mol. The first-order chi connectivity index (χ1) is 8.01. The molecule has 0 saturated heterocycles. The van der Waals surface area contributed by atoms with Crippen LogP contribution in [-0.2, 0) is 4.43 Å². The highest BCUT2D eigenvalue weighted by Crippen LogP contribution is 2.36. The average Bonchev–Trinajstić information content (AvgIpc) is 2.56. The summed E-state index contributed by atoms with van der Waals surface area (Å²) in [6, 6.07) is 0. The number of rotatable bonds is 4. The van der Waals surface area contributed by atoms with Gasteiger partial charge in [0.25, 0.3) is 0 Å². The highest BCUT2D eigenvalue weighted by Gasteiger charge is 2.27. The highest BCUT2D eigenvalue weighted by atomic mass is 28.4. The van der Waals surface area contributed by atoms with Gasteiger partial charge in [-0.15, -0.1) is 5.73 Å². The summed E-state index contributed by atoms with van der Waals surface area (Å²) in [7, 11) is -2.04. The minimum Gasteiger partial charge on any atom is -0.529 e. The van der Waals surface area contributed by atoms with Crippen molar-refractivity contribution in [1.82, 2.24) is 0 Å². The third-order valence-corrected chi connectivity index (χ3v) is 3.39. The van der Waals surface area contributed by atoms with Gasteiger partial charge in [0, 0.05) is 0 Å². The van der Waals surface area contributed by atoms with E-state index >= 15 is 0 Å². The van der Waals surface area contributed by atoms with E-state index in [4.69, 9.17) is 9.83 Å². The number of allylic oxidation sites excluding steroid dienone is 5. The zero-order valence-electron chi connectivity index (χ0n) is 10.7. The van der Waals surface area contributed by atoms with Crippen molar-refractivity contribution in [2.75, 3.05) is 0 Å². The first-order valence-electron chi connectivity index (χ1n) is 6.08. The van der Waals surface area contributed by atoms with Gasteiger partial charge in [-0.3, -0.25) is 0 Å². The van der Waals surface area contributed by atoms with Crippen LogP contribution in [0.3, 0.4) is 0 Å². The molecule has 0 aromatic carbocycles. The lowest BCUT2D eigenvalue weighted by Crippen LogP contribution is -2.41. The predicted molar refractivity (Wildman–Crippen MR) is 73.5 cm³/mol. The fourth-order valence-electron chi connectivity index (χ4n) is 2.06. The third-order valence-electron chi connectivity index (χ3n) is 2.65. The number of hydrogen-bond donors (Lipinski definition) is 1. The van der Waals surface area contributed by atoms with Crippen LogP contribution in [0, 0.1) is 0 Å². The van der Waals surface area contributed by atoms with E-state index in [9.17, 15) is 0 Å². The van der Waals surface area contributed by atoms with Crippen molar-refractivity contribution in [3.63, 3.8) is 0 Å². The number of hydrogen-bond acceptors (Lipinski definition) is 2. The maximum atomic E-state index is 6.04. The molecule has 2 aliphatic rings. The smallest absolute Gasteiger partial charge is 0.319 e. The Labute approximate surface area is 104 Å². The minimum atomic E-state index is -2.04. The molecule has 17 heavy (non-hydrogen) atoms. The van der Waals surface area contributed by atoms with Crippen LogP contribution in [-0.4, -0.2) is 8.48 Å². The summed E-state index contributed by atoms with van der Waals surface area (Å²) in [4.78, 5) is 0. The van der Waals surface area contributed by atoms with Gasteiger partial charge in [0.15, 0.2) is 0 Å². The van der Waals surface area contributed by atoms with Crippen LogP contribution in [0.1, 0.15) is 19.8 Å². The summed E-state index contributed by atoms with van der Waals surface area (Å²) in [6.07, 6.45) is 10.4. The molecule has 0 amide bonds. The van der Waals surface area contributed by atoms with Crippen molar-refractivity contribution in [3.8, 4) is 0 Å². The molecule has 2 nitrogen and oxygen atoms in total. The monoisotopic (exact) mass is 245 g/mol. The highest BCUT2D eigenvalue weighted by molar-refractivity contribution is 6.68. The van der Waals surface area contributed by atoms with Crippen molar-refractivity contribution in [2.45, 2.75) is 32.9 Å². The van der Waals surface area contributed by atoms with E-state index in [1.807, 2.05) is 25.2 Å². The fraction of sp³-hybridized carbons (Fsp3) is 0.357. The van der Waals surface area contributed by atoms with Gasteiger partial charge in [-0.05, 0) is 42.8 Å². The van der Waals surface area contributed by atoms with E-state index in [1.54, 1.807) is 0 Å². The van der Waals surface area contributed by atoms with Crippen LogP contribution in [0.25, 0.3) is 0 Å². The van der Waals surface area contributed by atoms with E-state index in [-0.39, 0.29) is 0 Å². The Bertz CT molecular complexity index is 483. The summed E-state index contributed by atoms with van der Waals surface area (Å²) >= 11 is 0. The molecule has 0 aromatic heterocycles. The molecule has 0 saturated carbocycles. The Hall–Kier alpha value is -1.28. The Morgan fingerprint density at radius 3 is 2.82 bits per heavy atom. The second-order valence-electron chi connectivity index (χ2n) is 4.95. The topological polar surface area (TPSA) is 35.2 Å². The molecule has 0 radical (unpaired) electrons. The Morgan fingerprint density at radius 1 is 1.41 bits per heavy atom. The Balaban J connectivity index is 2.33. The quantitative estimate of drug-likeness (QED) is 0.609.